The zero-order chi connectivity index (χ0) is 15.3. The van der Waals surface area contributed by atoms with Crippen LogP contribution < -0.4 is 10.2 Å². The normalized spacial score (nSPS) is 13.1. The highest BCUT2D eigenvalue weighted by molar-refractivity contribution is 6.33. The Balaban J connectivity index is 2.72. The maximum absolute atomic E-state index is 6.45. The van der Waals surface area contributed by atoms with Crippen molar-refractivity contribution in [3.8, 4) is 0 Å². The minimum Gasteiger partial charge on any atom is -0.370 e. The minimum absolute atomic E-state index is 0.470. The molecule has 1 rings (SSSR count). The van der Waals surface area contributed by atoms with Gasteiger partial charge in [-0.3, -0.25) is 0 Å². The maximum atomic E-state index is 6.45. The molecular formula is C17H29ClN2. The highest BCUT2D eigenvalue weighted by atomic mass is 35.5. The quantitative estimate of drug-likeness (QED) is 0.793. The van der Waals surface area contributed by atoms with E-state index in [1.54, 1.807) is 0 Å². The molecule has 0 aromatic heterocycles. The average molecular weight is 297 g/mol. The van der Waals surface area contributed by atoms with E-state index in [2.05, 4.69) is 70.1 Å². The van der Waals surface area contributed by atoms with Crippen molar-refractivity contribution in [3.63, 3.8) is 0 Å². The summed E-state index contributed by atoms with van der Waals surface area (Å²) in [5.74, 6) is 1.27. The Morgan fingerprint density at radius 1 is 1.15 bits per heavy atom. The van der Waals surface area contributed by atoms with Crippen molar-refractivity contribution in [2.24, 2.45) is 11.8 Å². The fourth-order valence-electron chi connectivity index (χ4n) is 2.12. The number of benzene rings is 1. The highest BCUT2D eigenvalue weighted by Gasteiger charge is 2.16. The molecular weight excluding hydrogens is 268 g/mol. The van der Waals surface area contributed by atoms with Gasteiger partial charge in [0.05, 0.1) is 10.7 Å². The third-order valence-electron chi connectivity index (χ3n) is 3.85. The van der Waals surface area contributed by atoms with E-state index >= 15 is 0 Å². The fraction of sp³-hybridized carbons (Fsp3) is 0.647. The lowest BCUT2D eigenvalue weighted by Crippen LogP contribution is -2.33. The molecule has 0 radical (unpaired) electrons. The Hall–Kier alpha value is -0.730. The second kappa shape index (κ2) is 7.90. The van der Waals surface area contributed by atoms with E-state index in [1.165, 1.54) is 5.56 Å². The summed E-state index contributed by atoms with van der Waals surface area (Å²) in [5, 5.41) is 4.28. The smallest absolute Gasteiger partial charge is 0.0642 e. The van der Waals surface area contributed by atoms with Crippen molar-refractivity contribution < 1.29 is 0 Å². The molecule has 0 fully saturated rings. The molecule has 0 aliphatic heterocycles. The molecule has 3 heteroatoms. The molecule has 20 heavy (non-hydrogen) atoms. The van der Waals surface area contributed by atoms with E-state index in [1.807, 2.05) is 0 Å². The Labute approximate surface area is 129 Å². The maximum Gasteiger partial charge on any atom is 0.0642 e. The summed E-state index contributed by atoms with van der Waals surface area (Å²) in [5.41, 5.74) is 2.35. The molecule has 0 saturated carbocycles. The zero-order valence-corrected chi connectivity index (χ0v) is 14.5. The lowest BCUT2D eigenvalue weighted by Gasteiger charge is -2.30. The van der Waals surface area contributed by atoms with Gasteiger partial charge in [-0.2, -0.15) is 0 Å². The molecule has 1 unspecified atom stereocenters. The Kier molecular flexibility index (Phi) is 6.84. The van der Waals surface area contributed by atoms with Gasteiger partial charge in [0.25, 0.3) is 0 Å². The molecule has 0 spiro atoms. The molecule has 0 amide bonds. The van der Waals surface area contributed by atoms with Crippen LogP contribution in [0.4, 0.5) is 5.69 Å². The molecule has 114 valence electrons. The number of halogens is 1. The molecule has 1 aromatic rings. The van der Waals surface area contributed by atoms with Crippen molar-refractivity contribution in [2.45, 2.75) is 47.2 Å². The van der Waals surface area contributed by atoms with Gasteiger partial charge in [-0.1, -0.05) is 45.4 Å². The molecule has 0 aliphatic carbocycles. The molecule has 0 aliphatic rings. The Bertz CT molecular complexity index is 415. The number of nitrogens with one attached hydrogen (secondary N) is 1. The van der Waals surface area contributed by atoms with Gasteiger partial charge in [-0.05, 0) is 43.0 Å². The monoisotopic (exact) mass is 296 g/mol. The summed E-state index contributed by atoms with van der Waals surface area (Å²) in [6.45, 7) is 13.0. The zero-order valence-electron chi connectivity index (χ0n) is 13.7. The number of nitrogens with zero attached hydrogens (tertiary/aromatic N) is 1. The van der Waals surface area contributed by atoms with Gasteiger partial charge < -0.3 is 10.2 Å². The first-order chi connectivity index (χ1) is 9.32. The van der Waals surface area contributed by atoms with Gasteiger partial charge in [0.1, 0.15) is 0 Å². The molecule has 1 atom stereocenters. The molecule has 0 heterocycles. The van der Waals surface area contributed by atoms with E-state index < -0.39 is 0 Å². The van der Waals surface area contributed by atoms with Gasteiger partial charge >= 0.3 is 0 Å². The number of hydrogen-bond acceptors (Lipinski definition) is 2. The highest BCUT2D eigenvalue weighted by Crippen LogP contribution is 2.28. The standard InChI is InChI=1S/C17H29ClN2/c1-12(2)10-19-11-15-7-8-17(16(18)9-15)20(6)14(5)13(3)4/h7-9,12-14,19H,10-11H2,1-6H3. The lowest BCUT2D eigenvalue weighted by molar-refractivity contribution is 0.505. The number of anilines is 1. The van der Waals surface area contributed by atoms with Gasteiger partial charge in [0.2, 0.25) is 0 Å². The predicted octanol–water partition coefficient (Wildman–Crippen LogP) is 4.57. The Morgan fingerprint density at radius 2 is 1.80 bits per heavy atom. The van der Waals surface area contributed by atoms with E-state index in [0.717, 1.165) is 23.8 Å². The van der Waals surface area contributed by atoms with Gasteiger partial charge in [-0.15, -0.1) is 0 Å². The molecule has 0 bridgehead atoms. The second-order valence-electron chi connectivity index (χ2n) is 6.41. The average Bonchev–Trinajstić information content (AvgIpc) is 2.36. The topological polar surface area (TPSA) is 15.3 Å². The number of hydrogen-bond donors (Lipinski definition) is 1. The molecule has 0 saturated heterocycles. The van der Waals surface area contributed by atoms with Gasteiger partial charge in [0, 0.05) is 19.6 Å². The van der Waals surface area contributed by atoms with E-state index in [9.17, 15) is 0 Å². The largest absolute Gasteiger partial charge is 0.370 e. The van der Waals surface area contributed by atoms with E-state index in [-0.39, 0.29) is 0 Å². The predicted molar refractivity (Wildman–Crippen MR) is 90.7 cm³/mol. The first kappa shape index (κ1) is 17.3. The Morgan fingerprint density at radius 3 is 2.30 bits per heavy atom. The summed E-state index contributed by atoms with van der Waals surface area (Å²) in [7, 11) is 2.11. The van der Waals surface area contributed by atoms with Crippen LogP contribution in [0.3, 0.4) is 0 Å². The molecule has 1 aromatic carbocycles. The van der Waals surface area contributed by atoms with Crippen molar-refractivity contribution in [1.29, 1.82) is 0 Å². The van der Waals surface area contributed by atoms with Crippen molar-refractivity contribution in [1.82, 2.24) is 5.32 Å². The summed E-state index contributed by atoms with van der Waals surface area (Å²) < 4.78 is 0. The summed E-state index contributed by atoms with van der Waals surface area (Å²) >= 11 is 6.45. The fourth-order valence-corrected chi connectivity index (χ4v) is 2.45. The van der Waals surface area contributed by atoms with Crippen LogP contribution in [-0.4, -0.2) is 19.6 Å². The molecule has 1 N–H and O–H groups in total. The minimum atomic E-state index is 0.470. The van der Waals surface area contributed by atoms with Crippen LogP contribution in [0.2, 0.25) is 5.02 Å². The van der Waals surface area contributed by atoms with Crippen LogP contribution in [0.5, 0.6) is 0 Å². The van der Waals surface area contributed by atoms with Crippen LogP contribution in [0.25, 0.3) is 0 Å². The third kappa shape index (κ3) is 4.99. The first-order valence-electron chi connectivity index (χ1n) is 7.55. The van der Waals surface area contributed by atoms with E-state index in [4.69, 9.17) is 11.6 Å². The van der Waals surface area contributed by atoms with Crippen molar-refractivity contribution >= 4 is 17.3 Å². The van der Waals surface area contributed by atoms with Crippen LogP contribution in [0, 0.1) is 11.8 Å². The first-order valence-corrected chi connectivity index (χ1v) is 7.92. The SMILES string of the molecule is CC(C)CNCc1ccc(N(C)C(C)C(C)C)c(Cl)c1. The molecule has 2 nitrogen and oxygen atoms in total. The third-order valence-corrected chi connectivity index (χ3v) is 4.15. The number of rotatable bonds is 7. The van der Waals surface area contributed by atoms with Crippen molar-refractivity contribution in [3.05, 3.63) is 28.8 Å². The van der Waals surface area contributed by atoms with Gasteiger partial charge in [-0.25, -0.2) is 0 Å². The van der Waals surface area contributed by atoms with Crippen LogP contribution >= 0.6 is 11.6 Å². The summed E-state index contributed by atoms with van der Waals surface area (Å²) in [6, 6.07) is 6.84. The van der Waals surface area contributed by atoms with E-state index in [0.29, 0.717) is 17.9 Å². The van der Waals surface area contributed by atoms with Crippen LogP contribution in [-0.2, 0) is 6.54 Å². The second-order valence-corrected chi connectivity index (χ2v) is 6.81. The van der Waals surface area contributed by atoms with Crippen LogP contribution in [0.1, 0.15) is 40.2 Å². The summed E-state index contributed by atoms with van der Waals surface area (Å²) in [6.07, 6.45) is 0. The van der Waals surface area contributed by atoms with Crippen molar-refractivity contribution in [2.75, 3.05) is 18.5 Å². The lowest BCUT2D eigenvalue weighted by atomic mass is 10.0. The van der Waals surface area contributed by atoms with Gasteiger partial charge in [0.15, 0.2) is 0 Å². The van der Waals surface area contributed by atoms with Crippen LogP contribution in [0.15, 0.2) is 18.2 Å². The summed E-state index contributed by atoms with van der Waals surface area (Å²) in [4.78, 5) is 2.26.